The zero-order valence-corrected chi connectivity index (χ0v) is 10.8. The molecule has 90 valence electrons. The van der Waals surface area contributed by atoms with Crippen LogP contribution in [0.2, 0.25) is 0 Å². The van der Waals surface area contributed by atoms with Crippen LogP contribution >= 0.6 is 22.7 Å². The highest BCUT2D eigenvalue weighted by Crippen LogP contribution is 2.20. The third kappa shape index (κ3) is 3.32. The lowest BCUT2D eigenvalue weighted by atomic mass is 10.3. The van der Waals surface area contributed by atoms with Gasteiger partial charge in [0, 0.05) is 4.88 Å². The summed E-state index contributed by atoms with van der Waals surface area (Å²) in [6.45, 7) is 1.83. The highest BCUT2D eigenvalue weighted by atomic mass is 32.1. The van der Waals surface area contributed by atoms with Crippen molar-refractivity contribution in [2.75, 3.05) is 5.32 Å². The van der Waals surface area contributed by atoms with Gasteiger partial charge in [-0.05, 0) is 18.4 Å². The molecule has 0 fully saturated rings. The zero-order chi connectivity index (χ0) is 12.3. The number of carbonyl (C=O) groups is 1. The van der Waals surface area contributed by atoms with Crippen LogP contribution in [0.1, 0.15) is 22.9 Å². The van der Waals surface area contributed by atoms with E-state index in [4.69, 9.17) is 5.73 Å². The number of carbonyl (C=O) groups excluding carboxylic acids is 1. The second-order valence-corrected chi connectivity index (χ2v) is 5.58. The monoisotopic (exact) mass is 268 g/mol. The molecule has 7 heteroatoms. The number of nitrogens with one attached hydrogen (secondary N) is 1. The number of hydrogen-bond acceptors (Lipinski definition) is 6. The van der Waals surface area contributed by atoms with Gasteiger partial charge in [-0.25, -0.2) is 0 Å². The first kappa shape index (κ1) is 12.2. The maximum Gasteiger partial charge on any atom is 0.231 e. The van der Waals surface area contributed by atoms with Gasteiger partial charge in [-0.2, -0.15) is 0 Å². The first-order valence-electron chi connectivity index (χ1n) is 5.06. The van der Waals surface area contributed by atoms with Crippen molar-refractivity contribution in [1.82, 2.24) is 10.2 Å². The Morgan fingerprint density at radius 3 is 3.00 bits per heavy atom. The molecule has 1 atom stereocenters. The minimum absolute atomic E-state index is 0.0835. The molecule has 2 heterocycles. The molecule has 0 bridgehead atoms. The molecule has 0 aliphatic heterocycles. The third-order valence-corrected chi connectivity index (χ3v) is 3.91. The summed E-state index contributed by atoms with van der Waals surface area (Å²) in [6.07, 6.45) is 0.366. The molecule has 0 aromatic carbocycles. The van der Waals surface area contributed by atoms with Crippen LogP contribution < -0.4 is 11.1 Å². The summed E-state index contributed by atoms with van der Waals surface area (Å²) in [5.74, 6) is -0.0835. The molecule has 0 aliphatic rings. The quantitative estimate of drug-likeness (QED) is 0.886. The van der Waals surface area contributed by atoms with E-state index >= 15 is 0 Å². The summed E-state index contributed by atoms with van der Waals surface area (Å²) in [5.41, 5.74) is 5.66. The van der Waals surface area contributed by atoms with Crippen molar-refractivity contribution in [3.05, 3.63) is 27.4 Å². The highest BCUT2D eigenvalue weighted by Gasteiger charge is 2.11. The number of amides is 1. The summed E-state index contributed by atoms with van der Waals surface area (Å²) >= 11 is 2.86. The number of hydrogen-bond donors (Lipinski definition) is 2. The molecule has 0 saturated carbocycles. The molecule has 1 unspecified atom stereocenters. The fraction of sp³-hybridized carbons (Fsp3) is 0.300. The van der Waals surface area contributed by atoms with Crippen molar-refractivity contribution in [3.8, 4) is 0 Å². The summed E-state index contributed by atoms with van der Waals surface area (Å²) in [5, 5.41) is 13.6. The molecule has 0 radical (unpaired) electrons. The van der Waals surface area contributed by atoms with Crippen molar-refractivity contribution in [2.24, 2.45) is 5.73 Å². The minimum Gasteiger partial charge on any atom is -0.322 e. The summed E-state index contributed by atoms with van der Waals surface area (Å²) in [6, 6.07) is 3.69. The fourth-order valence-electron chi connectivity index (χ4n) is 1.20. The topological polar surface area (TPSA) is 80.9 Å². The normalized spacial score (nSPS) is 12.4. The van der Waals surface area contributed by atoms with Gasteiger partial charge in [0.05, 0.1) is 12.5 Å². The molecular formula is C10H12N4OS2. The van der Waals surface area contributed by atoms with Gasteiger partial charge in [0.2, 0.25) is 11.0 Å². The molecule has 2 aromatic rings. The standard InChI is InChI=1S/C10H12N4OS2/c1-6(11)9-13-14-10(17-9)12-8(15)5-7-3-2-4-16-7/h2-4,6H,5,11H2,1H3,(H,12,14,15). The lowest BCUT2D eigenvalue weighted by Crippen LogP contribution is -2.13. The van der Waals surface area contributed by atoms with Crippen molar-refractivity contribution in [1.29, 1.82) is 0 Å². The number of thiophene rings is 1. The molecule has 3 N–H and O–H groups in total. The van der Waals surface area contributed by atoms with Crippen LogP contribution in [0, 0.1) is 0 Å². The van der Waals surface area contributed by atoms with Crippen LogP contribution in [0.3, 0.4) is 0 Å². The second kappa shape index (κ2) is 5.35. The summed E-state index contributed by atoms with van der Waals surface area (Å²) < 4.78 is 0. The molecule has 0 spiro atoms. The molecular weight excluding hydrogens is 256 g/mol. The molecule has 2 aromatic heterocycles. The number of anilines is 1. The van der Waals surface area contributed by atoms with E-state index in [1.54, 1.807) is 11.3 Å². The Morgan fingerprint density at radius 2 is 2.41 bits per heavy atom. The van der Waals surface area contributed by atoms with E-state index in [0.717, 1.165) is 9.88 Å². The molecule has 5 nitrogen and oxygen atoms in total. The zero-order valence-electron chi connectivity index (χ0n) is 9.21. The van der Waals surface area contributed by atoms with Gasteiger partial charge in [0.15, 0.2) is 0 Å². The number of nitrogens with two attached hydrogens (primary N) is 1. The predicted molar refractivity (Wildman–Crippen MR) is 69.2 cm³/mol. The second-order valence-electron chi connectivity index (χ2n) is 3.54. The van der Waals surface area contributed by atoms with Gasteiger partial charge >= 0.3 is 0 Å². The summed E-state index contributed by atoms with van der Waals surface area (Å²) in [7, 11) is 0. The van der Waals surface area contributed by atoms with Crippen LogP contribution in [0.4, 0.5) is 5.13 Å². The Balaban J connectivity index is 1.93. The van der Waals surface area contributed by atoms with Crippen molar-refractivity contribution < 1.29 is 4.79 Å². The Kier molecular flexibility index (Phi) is 3.82. The van der Waals surface area contributed by atoms with E-state index in [2.05, 4.69) is 15.5 Å². The van der Waals surface area contributed by atoms with E-state index in [-0.39, 0.29) is 11.9 Å². The van der Waals surface area contributed by atoms with Crippen molar-refractivity contribution >= 4 is 33.7 Å². The van der Waals surface area contributed by atoms with Gasteiger partial charge in [-0.15, -0.1) is 21.5 Å². The number of aromatic nitrogens is 2. The first-order chi connectivity index (χ1) is 8.15. The summed E-state index contributed by atoms with van der Waals surface area (Å²) in [4.78, 5) is 12.7. The van der Waals surface area contributed by atoms with Crippen LogP contribution in [0.15, 0.2) is 17.5 Å². The average molecular weight is 268 g/mol. The van der Waals surface area contributed by atoms with Crippen LogP contribution in [0.25, 0.3) is 0 Å². The molecule has 1 amide bonds. The van der Waals surface area contributed by atoms with Gasteiger partial charge in [0.1, 0.15) is 5.01 Å². The third-order valence-electron chi connectivity index (χ3n) is 1.99. The SMILES string of the molecule is CC(N)c1nnc(NC(=O)Cc2cccs2)s1. The van der Waals surface area contributed by atoms with E-state index in [1.165, 1.54) is 11.3 Å². The fourth-order valence-corrected chi connectivity index (χ4v) is 2.62. The van der Waals surface area contributed by atoms with Crippen molar-refractivity contribution in [2.45, 2.75) is 19.4 Å². The Labute approximate surface area is 107 Å². The Morgan fingerprint density at radius 1 is 1.59 bits per heavy atom. The molecule has 0 aliphatic carbocycles. The van der Waals surface area contributed by atoms with Gasteiger partial charge in [0.25, 0.3) is 0 Å². The maximum absolute atomic E-state index is 11.7. The van der Waals surface area contributed by atoms with Crippen LogP contribution in [-0.4, -0.2) is 16.1 Å². The van der Waals surface area contributed by atoms with Crippen LogP contribution in [-0.2, 0) is 11.2 Å². The van der Waals surface area contributed by atoms with E-state index in [0.29, 0.717) is 11.6 Å². The smallest absolute Gasteiger partial charge is 0.231 e. The number of nitrogens with zero attached hydrogens (tertiary/aromatic N) is 2. The maximum atomic E-state index is 11.7. The van der Waals surface area contributed by atoms with E-state index in [9.17, 15) is 4.79 Å². The van der Waals surface area contributed by atoms with Gasteiger partial charge in [-0.1, -0.05) is 17.4 Å². The van der Waals surface area contributed by atoms with E-state index < -0.39 is 0 Å². The van der Waals surface area contributed by atoms with Gasteiger partial charge in [-0.3, -0.25) is 4.79 Å². The number of rotatable bonds is 4. The highest BCUT2D eigenvalue weighted by molar-refractivity contribution is 7.15. The Hall–Kier alpha value is -1.31. The predicted octanol–water partition coefficient (Wildman–Crippen LogP) is 1.80. The van der Waals surface area contributed by atoms with Crippen LogP contribution in [0.5, 0.6) is 0 Å². The minimum atomic E-state index is -0.157. The first-order valence-corrected chi connectivity index (χ1v) is 6.76. The van der Waals surface area contributed by atoms with Gasteiger partial charge < -0.3 is 11.1 Å². The van der Waals surface area contributed by atoms with E-state index in [1.807, 2.05) is 24.4 Å². The molecule has 0 saturated heterocycles. The average Bonchev–Trinajstić information content (AvgIpc) is 2.88. The lowest BCUT2D eigenvalue weighted by Gasteiger charge is -1.98. The largest absolute Gasteiger partial charge is 0.322 e. The van der Waals surface area contributed by atoms with Crippen molar-refractivity contribution in [3.63, 3.8) is 0 Å². The molecule has 2 rings (SSSR count). The lowest BCUT2D eigenvalue weighted by molar-refractivity contribution is -0.115. The Bertz CT molecular complexity index is 492. The molecule has 17 heavy (non-hydrogen) atoms.